The third-order valence-corrected chi connectivity index (χ3v) is 3.96. The van der Waals surface area contributed by atoms with Gasteiger partial charge in [0.15, 0.2) is 0 Å². The first-order chi connectivity index (χ1) is 9.39. The number of carbonyl (C=O) groups is 1. The van der Waals surface area contributed by atoms with Gasteiger partial charge in [-0.1, -0.05) is 0 Å². The van der Waals surface area contributed by atoms with Crippen molar-refractivity contribution in [2.45, 2.75) is 18.2 Å². The molecule has 1 aliphatic rings. The highest BCUT2D eigenvalue weighted by molar-refractivity contribution is 8.31. The fraction of sp³-hybridized carbons (Fsp3) is 0.300. The minimum absolute atomic E-state index is 0.0415. The van der Waals surface area contributed by atoms with Crippen LogP contribution in [0.4, 0.5) is 5.69 Å². The van der Waals surface area contributed by atoms with Crippen LogP contribution < -0.4 is 4.90 Å². The third-order valence-electron chi connectivity index (χ3n) is 2.61. The minimum atomic E-state index is -3.72. The summed E-state index contributed by atoms with van der Waals surface area (Å²) in [7, 11) is 6.37. The van der Waals surface area contributed by atoms with Crippen molar-refractivity contribution in [2.24, 2.45) is 0 Å². The Morgan fingerprint density at radius 2 is 1.67 bits per heavy atom. The molecule has 0 aliphatic carbocycles. The highest BCUT2D eigenvalue weighted by atomic mass is 36.0. The molecule has 6 nitrogen and oxygen atoms in total. The van der Waals surface area contributed by atoms with Crippen LogP contribution in [-0.4, -0.2) is 29.3 Å². The lowest BCUT2D eigenvalue weighted by Gasteiger charge is -2.14. The van der Waals surface area contributed by atoms with Crippen molar-refractivity contribution in [3.8, 4) is 0 Å². The van der Waals surface area contributed by atoms with E-state index in [4.69, 9.17) is 19.1 Å². The molecule has 21 heavy (non-hydrogen) atoms. The molecular formula is C10H10Cl3NO5S2. The second-order valence-electron chi connectivity index (χ2n) is 4.03. The molecule has 0 saturated heterocycles. The molecule has 1 heterocycles. The highest BCUT2D eigenvalue weighted by Crippen LogP contribution is 2.30. The standard InChI is InChI=1S/C10H10ClNO3S.Cl2O2S/c1-7(13)12-5-4-8-6-9(16(11,14)15)2-3-10(8)12;1-5(2,3)4/h2-3,6H,4-5H2,1H3;. The number of fused-ring (bicyclic) bond motifs is 1. The first-order valence-electron chi connectivity index (χ1n) is 5.39. The number of hydrogen-bond acceptors (Lipinski definition) is 5. The Bertz CT molecular complexity index is 753. The van der Waals surface area contributed by atoms with Gasteiger partial charge in [-0.2, -0.15) is 8.42 Å². The van der Waals surface area contributed by atoms with Gasteiger partial charge < -0.3 is 4.90 Å². The molecule has 0 unspecified atom stereocenters. The molecule has 0 aromatic heterocycles. The van der Waals surface area contributed by atoms with Crippen molar-refractivity contribution in [3.63, 3.8) is 0 Å². The lowest BCUT2D eigenvalue weighted by atomic mass is 10.2. The van der Waals surface area contributed by atoms with E-state index in [1.54, 1.807) is 11.0 Å². The molecule has 2 rings (SSSR count). The summed E-state index contributed by atoms with van der Waals surface area (Å²) >= 11 is 0. The smallest absolute Gasteiger partial charge is 0.312 e. The van der Waals surface area contributed by atoms with Crippen molar-refractivity contribution in [1.82, 2.24) is 0 Å². The first-order valence-corrected chi connectivity index (χ1v) is 10.8. The molecule has 118 valence electrons. The van der Waals surface area contributed by atoms with Gasteiger partial charge >= 0.3 is 8.26 Å². The van der Waals surface area contributed by atoms with Crippen molar-refractivity contribution >= 4 is 61.0 Å². The molecule has 1 aromatic rings. The molecule has 0 atom stereocenters. The molecule has 1 aliphatic heterocycles. The molecule has 1 aromatic carbocycles. The molecule has 11 heteroatoms. The van der Waals surface area contributed by atoms with E-state index in [1.807, 2.05) is 0 Å². The van der Waals surface area contributed by atoms with Crippen molar-refractivity contribution in [1.29, 1.82) is 0 Å². The summed E-state index contributed by atoms with van der Waals surface area (Å²) < 4.78 is 40.6. The molecule has 0 fully saturated rings. The van der Waals surface area contributed by atoms with E-state index >= 15 is 0 Å². The van der Waals surface area contributed by atoms with Gasteiger partial charge in [0, 0.05) is 51.2 Å². The Kier molecular flexibility index (Phi) is 5.91. The number of nitrogens with zero attached hydrogens (tertiary/aromatic N) is 1. The van der Waals surface area contributed by atoms with Crippen LogP contribution >= 0.6 is 32.0 Å². The van der Waals surface area contributed by atoms with Gasteiger partial charge in [-0.25, -0.2) is 8.42 Å². The molecule has 0 N–H and O–H groups in total. The first kappa shape index (κ1) is 18.5. The monoisotopic (exact) mass is 393 g/mol. The van der Waals surface area contributed by atoms with E-state index in [2.05, 4.69) is 21.4 Å². The van der Waals surface area contributed by atoms with Crippen LogP contribution in [0.3, 0.4) is 0 Å². The van der Waals surface area contributed by atoms with Crippen molar-refractivity contribution in [2.75, 3.05) is 11.4 Å². The van der Waals surface area contributed by atoms with Gasteiger partial charge in [-0.05, 0) is 30.2 Å². The second kappa shape index (κ2) is 6.70. The SMILES string of the molecule is CC(=O)N1CCc2cc(S(=O)(=O)Cl)ccc21.O=S(=O)(Cl)Cl. The third kappa shape index (κ3) is 5.99. The Balaban J connectivity index is 0.000000383. The normalized spacial score (nSPS) is 14.2. The average molecular weight is 395 g/mol. The minimum Gasteiger partial charge on any atom is -0.312 e. The van der Waals surface area contributed by atoms with Gasteiger partial charge in [0.2, 0.25) is 5.91 Å². The van der Waals surface area contributed by atoms with Gasteiger partial charge in [-0.15, -0.1) is 0 Å². The summed E-state index contributed by atoms with van der Waals surface area (Å²) in [4.78, 5) is 13.0. The predicted octanol–water partition coefficient (Wildman–Crippen LogP) is 2.23. The lowest BCUT2D eigenvalue weighted by molar-refractivity contribution is -0.116. The second-order valence-corrected chi connectivity index (χ2v) is 10.3. The number of amides is 1. The maximum atomic E-state index is 11.3. The van der Waals surface area contributed by atoms with Gasteiger partial charge in [0.25, 0.3) is 9.05 Å². The number of anilines is 1. The summed E-state index contributed by atoms with van der Waals surface area (Å²) in [6.45, 7) is 2.08. The van der Waals surface area contributed by atoms with Gasteiger partial charge in [0.05, 0.1) is 4.90 Å². The average Bonchev–Trinajstić information content (AvgIpc) is 2.67. The van der Waals surface area contributed by atoms with Crippen molar-refractivity contribution < 1.29 is 21.6 Å². The van der Waals surface area contributed by atoms with E-state index in [0.717, 1.165) is 11.3 Å². The molecule has 0 radical (unpaired) electrons. The number of halogens is 3. The van der Waals surface area contributed by atoms with E-state index in [-0.39, 0.29) is 10.8 Å². The van der Waals surface area contributed by atoms with E-state index in [0.29, 0.717) is 13.0 Å². The van der Waals surface area contributed by atoms with Crippen LogP contribution in [0, 0.1) is 0 Å². The molecular weight excluding hydrogens is 385 g/mol. The Hall–Kier alpha value is -0.540. The molecule has 0 spiro atoms. The van der Waals surface area contributed by atoms with Crippen LogP contribution in [0.2, 0.25) is 0 Å². The quantitative estimate of drug-likeness (QED) is 0.681. The topological polar surface area (TPSA) is 88.6 Å². The fourth-order valence-electron chi connectivity index (χ4n) is 1.86. The van der Waals surface area contributed by atoms with Crippen LogP contribution in [0.15, 0.2) is 23.1 Å². The number of benzene rings is 1. The van der Waals surface area contributed by atoms with E-state index in [9.17, 15) is 13.2 Å². The molecule has 1 amide bonds. The van der Waals surface area contributed by atoms with Crippen molar-refractivity contribution in [3.05, 3.63) is 23.8 Å². The van der Waals surface area contributed by atoms with E-state index in [1.165, 1.54) is 19.1 Å². The van der Waals surface area contributed by atoms with Gasteiger partial charge in [0.1, 0.15) is 0 Å². The fourth-order valence-corrected chi connectivity index (χ4v) is 2.66. The molecule has 0 saturated carbocycles. The number of rotatable bonds is 1. The highest BCUT2D eigenvalue weighted by Gasteiger charge is 2.23. The zero-order chi connectivity index (χ0) is 16.4. The Morgan fingerprint density at radius 3 is 2.10 bits per heavy atom. The summed E-state index contributed by atoms with van der Waals surface area (Å²) in [6.07, 6.45) is 0.662. The van der Waals surface area contributed by atoms with Crippen LogP contribution in [0.1, 0.15) is 12.5 Å². The van der Waals surface area contributed by atoms with E-state index < -0.39 is 17.3 Å². The largest absolute Gasteiger partial charge is 0.317 e. The van der Waals surface area contributed by atoms with Crippen LogP contribution in [0.25, 0.3) is 0 Å². The van der Waals surface area contributed by atoms with Gasteiger partial charge in [-0.3, -0.25) is 4.79 Å². The van der Waals surface area contributed by atoms with Crippen LogP contribution in [-0.2, 0) is 28.5 Å². The Morgan fingerprint density at radius 1 is 1.14 bits per heavy atom. The lowest BCUT2D eigenvalue weighted by Crippen LogP contribution is -2.25. The summed E-state index contributed by atoms with van der Waals surface area (Å²) in [5, 5.41) is 0. The van der Waals surface area contributed by atoms with Crippen LogP contribution in [0.5, 0.6) is 0 Å². The summed E-state index contributed by atoms with van der Waals surface area (Å²) in [5.41, 5.74) is 1.62. The predicted molar refractivity (Wildman–Crippen MR) is 81.8 cm³/mol. The number of carbonyl (C=O) groups excluding carboxylic acids is 1. The summed E-state index contributed by atoms with van der Waals surface area (Å²) in [6, 6.07) is 4.57. The zero-order valence-electron chi connectivity index (χ0n) is 10.6. The molecule has 0 bridgehead atoms. The zero-order valence-corrected chi connectivity index (χ0v) is 14.5. The maximum absolute atomic E-state index is 11.3. The Labute approximate surface area is 135 Å². The summed E-state index contributed by atoms with van der Waals surface area (Å²) in [5.74, 6) is -0.0415. The number of hydrogen-bond donors (Lipinski definition) is 0. The maximum Gasteiger partial charge on any atom is 0.317 e.